The van der Waals surface area contributed by atoms with E-state index < -0.39 is 0 Å². The van der Waals surface area contributed by atoms with Crippen LogP contribution in [0, 0.1) is 5.92 Å². The molecule has 3 rings (SSSR count). The molecule has 1 atom stereocenters. The van der Waals surface area contributed by atoms with E-state index in [4.69, 9.17) is 9.47 Å². The predicted molar refractivity (Wildman–Crippen MR) is 93.5 cm³/mol. The first-order valence-corrected chi connectivity index (χ1v) is 8.69. The summed E-state index contributed by atoms with van der Waals surface area (Å²) in [5.41, 5.74) is 0.577. The Morgan fingerprint density at radius 2 is 2.08 bits per heavy atom. The van der Waals surface area contributed by atoms with E-state index in [1.54, 1.807) is 17.0 Å². The summed E-state index contributed by atoms with van der Waals surface area (Å²) in [6.45, 7) is 6.09. The second-order valence-electron chi connectivity index (χ2n) is 6.47. The molecule has 0 bridgehead atoms. The van der Waals surface area contributed by atoms with Crippen LogP contribution in [0.5, 0.6) is 5.75 Å². The Morgan fingerprint density at radius 1 is 1.32 bits per heavy atom. The molecule has 1 saturated heterocycles. The van der Waals surface area contributed by atoms with Crippen LogP contribution in [0.4, 0.5) is 0 Å². The van der Waals surface area contributed by atoms with E-state index in [-0.39, 0.29) is 17.9 Å². The summed E-state index contributed by atoms with van der Waals surface area (Å²) >= 11 is 0. The van der Waals surface area contributed by atoms with Gasteiger partial charge in [0.05, 0.1) is 19.3 Å². The molecule has 0 aromatic heterocycles. The third-order valence-corrected chi connectivity index (χ3v) is 4.41. The first-order chi connectivity index (χ1) is 12.2. The van der Waals surface area contributed by atoms with Crippen molar-refractivity contribution < 1.29 is 19.1 Å². The zero-order chi connectivity index (χ0) is 17.6. The van der Waals surface area contributed by atoms with Gasteiger partial charge in [-0.05, 0) is 49.1 Å². The number of nitrogens with one attached hydrogen (secondary N) is 1. The van der Waals surface area contributed by atoms with Gasteiger partial charge in [0, 0.05) is 25.2 Å². The van der Waals surface area contributed by atoms with Gasteiger partial charge in [0.1, 0.15) is 5.75 Å². The highest BCUT2D eigenvalue weighted by Gasteiger charge is 2.23. The lowest BCUT2D eigenvalue weighted by Crippen LogP contribution is -2.49. The van der Waals surface area contributed by atoms with Gasteiger partial charge in [0.2, 0.25) is 5.91 Å². The van der Waals surface area contributed by atoms with Gasteiger partial charge in [0.25, 0.3) is 5.91 Å². The molecule has 0 spiro atoms. The standard InChI is InChI=1S/C19H24N2O4/c1-2-18(22)21-9-10-24-17(12-21)11-20-19(23)15-5-7-16(8-6-15)25-13-14-3-4-14/h2,5-8,14,17H,1,3-4,9-13H2,(H,20,23). The summed E-state index contributed by atoms with van der Waals surface area (Å²) in [5, 5.41) is 2.86. The zero-order valence-corrected chi connectivity index (χ0v) is 14.3. The number of amides is 2. The zero-order valence-electron chi connectivity index (χ0n) is 14.3. The minimum atomic E-state index is -0.206. The molecule has 6 heteroatoms. The molecule has 1 N–H and O–H groups in total. The fourth-order valence-corrected chi connectivity index (χ4v) is 2.68. The maximum absolute atomic E-state index is 12.2. The molecule has 1 aromatic rings. The van der Waals surface area contributed by atoms with Crippen LogP contribution in [0.1, 0.15) is 23.2 Å². The van der Waals surface area contributed by atoms with Crippen molar-refractivity contribution >= 4 is 11.8 Å². The van der Waals surface area contributed by atoms with Crippen molar-refractivity contribution in [1.82, 2.24) is 10.2 Å². The number of morpholine rings is 1. The summed E-state index contributed by atoms with van der Waals surface area (Å²) in [7, 11) is 0. The van der Waals surface area contributed by atoms with Crippen LogP contribution in [0.25, 0.3) is 0 Å². The van der Waals surface area contributed by atoms with Crippen molar-refractivity contribution in [2.75, 3.05) is 32.8 Å². The van der Waals surface area contributed by atoms with E-state index in [1.165, 1.54) is 18.9 Å². The van der Waals surface area contributed by atoms with Crippen molar-refractivity contribution in [2.45, 2.75) is 18.9 Å². The average Bonchev–Trinajstić information content (AvgIpc) is 3.49. The number of rotatable bonds is 7. The normalized spacial score (nSPS) is 20.0. The lowest BCUT2D eigenvalue weighted by Gasteiger charge is -2.32. The average molecular weight is 344 g/mol. The van der Waals surface area contributed by atoms with Crippen molar-refractivity contribution in [3.63, 3.8) is 0 Å². The van der Waals surface area contributed by atoms with Gasteiger partial charge in [-0.2, -0.15) is 0 Å². The molecule has 1 aliphatic carbocycles. The molecule has 0 radical (unpaired) electrons. The number of nitrogens with zero attached hydrogens (tertiary/aromatic N) is 1. The smallest absolute Gasteiger partial charge is 0.251 e. The highest BCUT2D eigenvalue weighted by molar-refractivity contribution is 5.94. The van der Waals surface area contributed by atoms with E-state index >= 15 is 0 Å². The molecule has 2 aliphatic rings. The Balaban J connectivity index is 1.45. The van der Waals surface area contributed by atoms with Gasteiger partial charge in [-0.25, -0.2) is 0 Å². The fraction of sp³-hybridized carbons (Fsp3) is 0.474. The maximum atomic E-state index is 12.2. The first-order valence-electron chi connectivity index (χ1n) is 8.69. The maximum Gasteiger partial charge on any atom is 0.251 e. The van der Waals surface area contributed by atoms with Crippen molar-refractivity contribution in [3.8, 4) is 5.75 Å². The summed E-state index contributed by atoms with van der Waals surface area (Å²) in [5.74, 6) is 1.22. The van der Waals surface area contributed by atoms with Crippen LogP contribution in [0.15, 0.2) is 36.9 Å². The SMILES string of the molecule is C=CC(=O)N1CCOC(CNC(=O)c2ccc(OCC3CC3)cc2)C1. The third kappa shape index (κ3) is 5.06. The Labute approximate surface area is 147 Å². The highest BCUT2D eigenvalue weighted by Crippen LogP contribution is 2.29. The van der Waals surface area contributed by atoms with Crippen LogP contribution in [-0.4, -0.2) is 55.7 Å². The number of benzene rings is 1. The molecule has 1 saturated carbocycles. The van der Waals surface area contributed by atoms with E-state index in [2.05, 4.69) is 11.9 Å². The van der Waals surface area contributed by atoms with Gasteiger partial charge in [-0.3, -0.25) is 9.59 Å². The van der Waals surface area contributed by atoms with Crippen LogP contribution >= 0.6 is 0 Å². The third-order valence-electron chi connectivity index (χ3n) is 4.41. The molecule has 1 unspecified atom stereocenters. The molecular formula is C19H24N2O4. The number of hydrogen-bond donors (Lipinski definition) is 1. The molecular weight excluding hydrogens is 320 g/mol. The number of carbonyl (C=O) groups is 2. The second-order valence-corrected chi connectivity index (χ2v) is 6.47. The lowest BCUT2D eigenvalue weighted by molar-refractivity contribution is -0.133. The Morgan fingerprint density at radius 3 is 2.76 bits per heavy atom. The molecule has 25 heavy (non-hydrogen) atoms. The van der Waals surface area contributed by atoms with Crippen molar-refractivity contribution in [3.05, 3.63) is 42.5 Å². The molecule has 134 valence electrons. The predicted octanol–water partition coefficient (Wildman–Crippen LogP) is 1.62. The van der Waals surface area contributed by atoms with Gasteiger partial charge < -0.3 is 19.7 Å². The van der Waals surface area contributed by atoms with Gasteiger partial charge in [-0.1, -0.05) is 6.58 Å². The molecule has 6 nitrogen and oxygen atoms in total. The van der Waals surface area contributed by atoms with E-state index in [0.717, 1.165) is 12.4 Å². The van der Waals surface area contributed by atoms with E-state index in [9.17, 15) is 9.59 Å². The molecule has 1 aliphatic heterocycles. The van der Waals surface area contributed by atoms with Crippen LogP contribution < -0.4 is 10.1 Å². The summed E-state index contributed by atoms with van der Waals surface area (Å²) < 4.78 is 11.3. The van der Waals surface area contributed by atoms with Gasteiger partial charge in [0.15, 0.2) is 0 Å². The van der Waals surface area contributed by atoms with E-state index in [1.807, 2.05) is 12.1 Å². The quantitative estimate of drug-likeness (QED) is 0.763. The Kier molecular flexibility index (Phi) is 5.71. The van der Waals surface area contributed by atoms with Crippen molar-refractivity contribution in [1.29, 1.82) is 0 Å². The van der Waals surface area contributed by atoms with Gasteiger partial charge >= 0.3 is 0 Å². The lowest BCUT2D eigenvalue weighted by atomic mass is 10.2. The van der Waals surface area contributed by atoms with Crippen molar-refractivity contribution in [2.24, 2.45) is 5.92 Å². The van der Waals surface area contributed by atoms with Crippen LogP contribution in [0.2, 0.25) is 0 Å². The summed E-state index contributed by atoms with van der Waals surface area (Å²) in [4.78, 5) is 25.6. The first kappa shape index (κ1) is 17.5. The highest BCUT2D eigenvalue weighted by atomic mass is 16.5. The monoisotopic (exact) mass is 344 g/mol. The summed E-state index contributed by atoms with van der Waals surface area (Å²) in [6.07, 6.45) is 3.59. The van der Waals surface area contributed by atoms with Gasteiger partial charge in [-0.15, -0.1) is 0 Å². The number of carbonyl (C=O) groups excluding carboxylic acids is 2. The Bertz CT molecular complexity index is 625. The summed E-state index contributed by atoms with van der Waals surface area (Å²) in [6, 6.07) is 7.15. The fourth-order valence-electron chi connectivity index (χ4n) is 2.68. The second kappa shape index (κ2) is 8.16. The molecule has 1 heterocycles. The van der Waals surface area contributed by atoms with E-state index in [0.29, 0.717) is 37.7 Å². The molecule has 1 aromatic carbocycles. The van der Waals surface area contributed by atoms with Crippen LogP contribution in [0.3, 0.4) is 0 Å². The topological polar surface area (TPSA) is 67.9 Å². The number of hydrogen-bond acceptors (Lipinski definition) is 4. The largest absolute Gasteiger partial charge is 0.493 e. The van der Waals surface area contributed by atoms with Crippen LogP contribution in [-0.2, 0) is 9.53 Å². The Hall–Kier alpha value is -2.34. The minimum Gasteiger partial charge on any atom is -0.493 e. The molecule has 2 fully saturated rings. The number of ether oxygens (including phenoxy) is 2. The molecule has 2 amide bonds. The minimum absolute atomic E-state index is 0.110.